The smallest absolute Gasteiger partial charge is 0.241 e. The molecule has 0 amide bonds. The van der Waals surface area contributed by atoms with Crippen molar-refractivity contribution in [3.05, 3.63) is 29.3 Å². The number of rotatable bonds is 5. The van der Waals surface area contributed by atoms with Crippen LogP contribution in [0.3, 0.4) is 0 Å². The molecule has 0 fully saturated rings. The highest BCUT2D eigenvalue weighted by atomic mass is 32.2. The van der Waals surface area contributed by atoms with Crippen LogP contribution in [0.15, 0.2) is 23.1 Å². The second-order valence-electron chi connectivity index (χ2n) is 4.41. The highest BCUT2D eigenvalue weighted by molar-refractivity contribution is 7.89. The molecule has 0 aliphatic rings. The van der Waals surface area contributed by atoms with Crippen molar-refractivity contribution in [2.75, 3.05) is 0 Å². The van der Waals surface area contributed by atoms with Crippen molar-refractivity contribution in [2.45, 2.75) is 45.1 Å². The van der Waals surface area contributed by atoms with Gasteiger partial charge in [0.05, 0.1) is 10.9 Å². The monoisotopic (exact) mass is 269 g/mol. The lowest BCUT2D eigenvalue weighted by atomic mass is 10.1. The van der Waals surface area contributed by atoms with Gasteiger partial charge in [-0.15, -0.1) is 0 Å². The molecule has 0 bridgehead atoms. The quantitative estimate of drug-likeness (QED) is 0.888. The fourth-order valence-corrected chi connectivity index (χ4v) is 2.87. The Morgan fingerprint density at radius 1 is 1.28 bits per heavy atom. The van der Waals surface area contributed by atoms with Crippen molar-refractivity contribution in [1.29, 1.82) is 0 Å². The Labute approximate surface area is 108 Å². The van der Waals surface area contributed by atoms with Crippen LogP contribution in [0.25, 0.3) is 0 Å². The number of hydrogen-bond donors (Lipinski definition) is 1. The number of aryl methyl sites for hydroxylation is 2. The third-order valence-electron chi connectivity index (χ3n) is 2.95. The summed E-state index contributed by atoms with van der Waals surface area (Å²) in [5, 5.41) is 0. The average molecular weight is 269 g/mol. The highest BCUT2D eigenvalue weighted by Gasteiger charge is 2.21. The molecular weight excluding hydrogens is 250 g/mol. The Morgan fingerprint density at radius 2 is 1.89 bits per heavy atom. The lowest BCUT2D eigenvalue weighted by Gasteiger charge is -2.13. The summed E-state index contributed by atoms with van der Waals surface area (Å²) in [6, 6.07) is 4.23. The molecule has 1 rings (SSSR count). The first-order chi connectivity index (χ1) is 8.27. The standard InChI is InChI=1S/C13H19NO3S/c1-5-13(15)11(4)14-18(16,17)12-7-6-9(2)10(3)8-12/h6-8,11,14H,5H2,1-4H3. The van der Waals surface area contributed by atoms with Gasteiger partial charge in [0.25, 0.3) is 0 Å². The molecule has 1 unspecified atom stereocenters. The van der Waals surface area contributed by atoms with Gasteiger partial charge in [0, 0.05) is 6.42 Å². The minimum absolute atomic E-state index is 0.123. The topological polar surface area (TPSA) is 63.2 Å². The summed E-state index contributed by atoms with van der Waals surface area (Å²) in [4.78, 5) is 11.6. The molecule has 0 aliphatic heterocycles. The lowest BCUT2D eigenvalue weighted by Crippen LogP contribution is -2.38. The summed E-state index contributed by atoms with van der Waals surface area (Å²) in [5.41, 5.74) is 1.94. The second-order valence-corrected chi connectivity index (χ2v) is 6.12. The largest absolute Gasteiger partial charge is 0.298 e. The van der Waals surface area contributed by atoms with Gasteiger partial charge in [-0.05, 0) is 44.0 Å². The molecule has 100 valence electrons. The first kappa shape index (κ1) is 14.9. The molecule has 1 aromatic rings. The number of carbonyl (C=O) groups is 1. The van der Waals surface area contributed by atoms with Gasteiger partial charge in [0.2, 0.25) is 10.0 Å². The second kappa shape index (κ2) is 5.63. The molecule has 0 aromatic heterocycles. The van der Waals surface area contributed by atoms with Crippen molar-refractivity contribution in [3.8, 4) is 0 Å². The van der Waals surface area contributed by atoms with E-state index >= 15 is 0 Å². The van der Waals surface area contributed by atoms with Crippen LogP contribution >= 0.6 is 0 Å². The normalized spacial score (nSPS) is 13.3. The van der Waals surface area contributed by atoms with Crippen molar-refractivity contribution < 1.29 is 13.2 Å². The summed E-state index contributed by atoms with van der Waals surface area (Å²) in [7, 11) is -3.62. The van der Waals surface area contributed by atoms with Crippen molar-refractivity contribution in [3.63, 3.8) is 0 Å². The fourth-order valence-electron chi connectivity index (χ4n) is 1.55. The SMILES string of the molecule is CCC(=O)C(C)NS(=O)(=O)c1ccc(C)c(C)c1. The Kier molecular flexibility index (Phi) is 4.65. The summed E-state index contributed by atoms with van der Waals surface area (Å²) < 4.78 is 26.5. The number of nitrogens with one attached hydrogen (secondary N) is 1. The van der Waals surface area contributed by atoms with Crippen LogP contribution in [0.5, 0.6) is 0 Å². The van der Waals surface area contributed by atoms with Crippen LogP contribution in [0.1, 0.15) is 31.4 Å². The maximum Gasteiger partial charge on any atom is 0.241 e. The number of ketones is 1. The minimum Gasteiger partial charge on any atom is -0.298 e. The van der Waals surface area contributed by atoms with Gasteiger partial charge < -0.3 is 0 Å². The zero-order chi connectivity index (χ0) is 13.9. The number of hydrogen-bond acceptors (Lipinski definition) is 3. The average Bonchev–Trinajstić information content (AvgIpc) is 2.30. The third-order valence-corrected chi connectivity index (χ3v) is 4.49. The Morgan fingerprint density at radius 3 is 2.39 bits per heavy atom. The fraction of sp³-hybridized carbons (Fsp3) is 0.462. The van der Waals surface area contributed by atoms with Gasteiger partial charge >= 0.3 is 0 Å². The summed E-state index contributed by atoms with van der Waals surface area (Å²) >= 11 is 0. The van der Waals surface area contributed by atoms with E-state index in [9.17, 15) is 13.2 Å². The molecule has 1 atom stereocenters. The number of benzene rings is 1. The summed E-state index contributed by atoms with van der Waals surface area (Å²) in [6.07, 6.45) is 0.316. The van der Waals surface area contributed by atoms with Crippen LogP contribution in [0.2, 0.25) is 0 Å². The highest BCUT2D eigenvalue weighted by Crippen LogP contribution is 2.15. The lowest BCUT2D eigenvalue weighted by molar-refractivity contribution is -0.119. The molecule has 1 aromatic carbocycles. The van der Waals surface area contributed by atoms with E-state index in [0.717, 1.165) is 11.1 Å². The number of carbonyl (C=O) groups excluding carboxylic acids is 1. The van der Waals surface area contributed by atoms with Gasteiger partial charge in [-0.2, -0.15) is 0 Å². The first-order valence-electron chi connectivity index (χ1n) is 5.90. The minimum atomic E-state index is -3.62. The Hall–Kier alpha value is -1.20. The van der Waals surface area contributed by atoms with Gasteiger partial charge in [0.1, 0.15) is 5.78 Å². The van der Waals surface area contributed by atoms with E-state index in [2.05, 4.69) is 4.72 Å². The molecule has 18 heavy (non-hydrogen) atoms. The van der Waals surface area contributed by atoms with Crippen molar-refractivity contribution in [2.24, 2.45) is 0 Å². The van der Waals surface area contributed by atoms with E-state index in [4.69, 9.17) is 0 Å². The zero-order valence-corrected chi connectivity index (χ0v) is 12.0. The maximum atomic E-state index is 12.1. The Balaban J connectivity index is 3.00. The molecule has 0 saturated heterocycles. The molecule has 1 N–H and O–H groups in total. The van der Waals surface area contributed by atoms with Gasteiger partial charge in [0.15, 0.2) is 0 Å². The summed E-state index contributed by atoms with van der Waals surface area (Å²) in [6.45, 7) is 7.05. The van der Waals surface area contributed by atoms with Gasteiger partial charge in [-0.1, -0.05) is 13.0 Å². The molecule has 0 heterocycles. The van der Waals surface area contributed by atoms with Crippen molar-refractivity contribution >= 4 is 15.8 Å². The molecule has 0 aliphatic carbocycles. The molecule has 0 saturated carbocycles. The van der Waals surface area contributed by atoms with Crippen LogP contribution < -0.4 is 4.72 Å². The van der Waals surface area contributed by atoms with Gasteiger partial charge in [-0.3, -0.25) is 4.79 Å². The van der Waals surface area contributed by atoms with E-state index in [0.29, 0.717) is 6.42 Å². The van der Waals surface area contributed by atoms with E-state index in [-0.39, 0.29) is 10.7 Å². The molecule has 0 spiro atoms. The molecule has 5 heteroatoms. The molecule has 4 nitrogen and oxygen atoms in total. The maximum absolute atomic E-state index is 12.1. The predicted molar refractivity (Wildman–Crippen MR) is 71.0 cm³/mol. The number of Topliss-reactive ketones (excluding diaryl/α,β-unsaturated/α-hetero) is 1. The Bertz CT molecular complexity index is 549. The van der Waals surface area contributed by atoms with Crippen molar-refractivity contribution in [1.82, 2.24) is 4.72 Å². The first-order valence-corrected chi connectivity index (χ1v) is 7.38. The van der Waals surface area contributed by atoms with Gasteiger partial charge in [-0.25, -0.2) is 13.1 Å². The third kappa shape index (κ3) is 3.40. The predicted octanol–water partition coefficient (Wildman–Crippen LogP) is 1.95. The summed E-state index contributed by atoms with van der Waals surface area (Å²) in [5.74, 6) is -0.123. The number of sulfonamides is 1. The van der Waals surface area contributed by atoms with Crippen LogP contribution in [0.4, 0.5) is 0 Å². The van der Waals surface area contributed by atoms with Crippen LogP contribution in [-0.4, -0.2) is 20.2 Å². The van der Waals surface area contributed by atoms with Crippen LogP contribution in [0, 0.1) is 13.8 Å². The van der Waals surface area contributed by atoms with E-state index < -0.39 is 16.1 Å². The molecular formula is C13H19NO3S. The molecule has 0 radical (unpaired) electrons. The van der Waals surface area contributed by atoms with E-state index in [1.165, 1.54) is 0 Å². The zero-order valence-electron chi connectivity index (χ0n) is 11.1. The van der Waals surface area contributed by atoms with Crippen LogP contribution in [-0.2, 0) is 14.8 Å². The van der Waals surface area contributed by atoms with E-state index in [1.807, 2.05) is 13.8 Å². The van der Waals surface area contributed by atoms with E-state index in [1.54, 1.807) is 32.0 Å².